The molecule has 0 aromatic carbocycles. The van der Waals surface area contributed by atoms with Crippen LogP contribution in [0.1, 0.15) is 27.7 Å². The Morgan fingerprint density at radius 1 is 1.15 bits per heavy atom. The van der Waals surface area contributed by atoms with Gasteiger partial charge < -0.3 is 4.74 Å². The number of hydrogen-bond donors (Lipinski definition) is 0. The van der Waals surface area contributed by atoms with Crippen molar-refractivity contribution in [2.24, 2.45) is 23.2 Å². The third-order valence-electron chi connectivity index (χ3n) is 4.11. The first-order valence-corrected chi connectivity index (χ1v) is 5.40. The Kier molecular flexibility index (Phi) is 2.03. The molecule has 0 N–H and O–H groups in total. The third-order valence-corrected chi connectivity index (χ3v) is 4.11. The van der Waals surface area contributed by atoms with Crippen LogP contribution >= 0.6 is 0 Å². The lowest BCUT2D eigenvalue weighted by Crippen LogP contribution is -2.41. The van der Waals surface area contributed by atoms with Gasteiger partial charge in [-0.3, -0.25) is 0 Å². The second kappa shape index (κ2) is 2.84. The van der Waals surface area contributed by atoms with Crippen LogP contribution in [-0.4, -0.2) is 12.7 Å². The highest BCUT2D eigenvalue weighted by molar-refractivity contribution is 5.21. The molecule has 2 aliphatic rings. The van der Waals surface area contributed by atoms with E-state index in [1.54, 1.807) is 0 Å². The van der Waals surface area contributed by atoms with Gasteiger partial charge in [0.05, 0.1) is 12.7 Å². The molecule has 0 amide bonds. The van der Waals surface area contributed by atoms with Gasteiger partial charge in [0.2, 0.25) is 0 Å². The minimum Gasteiger partial charge on any atom is -0.373 e. The van der Waals surface area contributed by atoms with Gasteiger partial charge in [-0.1, -0.05) is 39.8 Å². The van der Waals surface area contributed by atoms with E-state index in [-0.39, 0.29) is 0 Å². The first-order valence-electron chi connectivity index (χ1n) is 5.40. The van der Waals surface area contributed by atoms with Crippen molar-refractivity contribution in [1.29, 1.82) is 0 Å². The second-order valence-electron chi connectivity index (χ2n) is 5.05. The zero-order valence-corrected chi connectivity index (χ0v) is 9.08. The van der Waals surface area contributed by atoms with Crippen molar-refractivity contribution in [2.75, 3.05) is 6.61 Å². The fourth-order valence-electron chi connectivity index (χ4n) is 3.57. The van der Waals surface area contributed by atoms with E-state index >= 15 is 0 Å². The molecule has 1 aliphatic heterocycles. The van der Waals surface area contributed by atoms with Gasteiger partial charge in [0.25, 0.3) is 0 Å². The molecule has 0 aromatic rings. The molecule has 0 saturated carbocycles. The number of ether oxygens (including phenoxy) is 1. The lowest BCUT2D eigenvalue weighted by Gasteiger charge is -2.41. The van der Waals surface area contributed by atoms with E-state index in [2.05, 4.69) is 39.8 Å². The Bertz CT molecular complexity index is 203. The monoisotopic (exact) mass is 180 g/mol. The molecule has 1 aliphatic carbocycles. The normalized spacial score (nSPS) is 35.2. The lowest BCUT2D eigenvalue weighted by atomic mass is 9.62. The minimum absolute atomic E-state index is 0.387. The second-order valence-corrected chi connectivity index (χ2v) is 5.05. The van der Waals surface area contributed by atoms with Gasteiger partial charge in [-0.2, -0.15) is 0 Å². The Morgan fingerprint density at radius 2 is 1.77 bits per heavy atom. The standard InChI is InChI=1S/C12H20O/c1-8(2)12(9(3)4)10-5-6-11(12)13-7-10/h5-6,8-11H,7H2,1-4H3. The van der Waals surface area contributed by atoms with Crippen LogP contribution in [0.15, 0.2) is 12.2 Å². The van der Waals surface area contributed by atoms with Crippen molar-refractivity contribution in [2.45, 2.75) is 33.8 Å². The van der Waals surface area contributed by atoms with Gasteiger partial charge in [-0.05, 0) is 11.8 Å². The van der Waals surface area contributed by atoms with Gasteiger partial charge in [-0.25, -0.2) is 0 Å². The summed E-state index contributed by atoms with van der Waals surface area (Å²) in [6, 6.07) is 0. The third kappa shape index (κ3) is 0.969. The molecule has 1 fully saturated rings. The van der Waals surface area contributed by atoms with Gasteiger partial charge in [0.15, 0.2) is 0 Å². The Balaban J connectivity index is 2.36. The van der Waals surface area contributed by atoms with Crippen molar-refractivity contribution in [3.8, 4) is 0 Å². The summed E-state index contributed by atoms with van der Waals surface area (Å²) in [4.78, 5) is 0. The van der Waals surface area contributed by atoms with E-state index in [9.17, 15) is 0 Å². The van der Waals surface area contributed by atoms with Gasteiger partial charge in [0, 0.05) is 11.3 Å². The molecule has 1 saturated heterocycles. The maximum Gasteiger partial charge on any atom is 0.0823 e. The molecule has 2 bridgehead atoms. The summed E-state index contributed by atoms with van der Waals surface area (Å²) in [5.74, 6) is 2.08. The van der Waals surface area contributed by atoms with Crippen LogP contribution in [-0.2, 0) is 4.74 Å². The molecule has 13 heavy (non-hydrogen) atoms. The molecule has 2 rings (SSSR count). The predicted molar refractivity (Wildman–Crippen MR) is 54.5 cm³/mol. The lowest BCUT2D eigenvalue weighted by molar-refractivity contribution is 0.0249. The molecule has 0 spiro atoms. The smallest absolute Gasteiger partial charge is 0.0823 e. The van der Waals surface area contributed by atoms with Gasteiger partial charge in [0.1, 0.15) is 0 Å². The van der Waals surface area contributed by atoms with E-state index < -0.39 is 0 Å². The van der Waals surface area contributed by atoms with Crippen LogP contribution in [0.3, 0.4) is 0 Å². The van der Waals surface area contributed by atoms with E-state index in [1.807, 2.05) is 0 Å². The van der Waals surface area contributed by atoms with E-state index in [0.29, 0.717) is 29.3 Å². The zero-order chi connectivity index (χ0) is 9.64. The highest BCUT2D eigenvalue weighted by atomic mass is 16.5. The topological polar surface area (TPSA) is 9.23 Å². The van der Waals surface area contributed by atoms with Crippen molar-refractivity contribution >= 4 is 0 Å². The van der Waals surface area contributed by atoms with E-state index in [1.165, 1.54) is 0 Å². The zero-order valence-electron chi connectivity index (χ0n) is 9.08. The van der Waals surface area contributed by atoms with E-state index in [0.717, 1.165) is 6.61 Å². The van der Waals surface area contributed by atoms with Gasteiger partial charge >= 0.3 is 0 Å². The van der Waals surface area contributed by atoms with Crippen LogP contribution in [0.4, 0.5) is 0 Å². The summed E-state index contributed by atoms with van der Waals surface area (Å²) in [6.45, 7) is 10.3. The average Bonchev–Trinajstić information content (AvgIpc) is 2.57. The summed E-state index contributed by atoms with van der Waals surface area (Å²) in [6.07, 6.45) is 5.03. The van der Waals surface area contributed by atoms with Crippen LogP contribution in [0, 0.1) is 23.2 Å². The molecule has 1 heterocycles. The first-order chi connectivity index (χ1) is 6.10. The molecule has 2 atom stereocenters. The highest BCUT2D eigenvalue weighted by Gasteiger charge is 2.56. The van der Waals surface area contributed by atoms with Crippen molar-refractivity contribution in [3.63, 3.8) is 0 Å². The molecular weight excluding hydrogens is 160 g/mol. The summed E-state index contributed by atoms with van der Waals surface area (Å²) in [5, 5.41) is 0. The molecular formula is C12H20O. The van der Waals surface area contributed by atoms with Crippen molar-refractivity contribution in [3.05, 3.63) is 12.2 Å². The summed E-state index contributed by atoms with van der Waals surface area (Å²) in [5.41, 5.74) is 0.389. The predicted octanol–water partition coefficient (Wildman–Crippen LogP) is 2.87. The molecule has 2 unspecified atom stereocenters. The summed E-state index contributed by atoms with van der Waals surface area (Å²) >= 11 is 0. The van der Waals surface area contributed by atoms with Crippen LogP contribution in [0.5, 0.6) is 0 Å². The molecule has 0 aromatic heterocycles. The molecule has 0 radical (unpaired) electrons. The Hall–Kier alpha value is -0.300. The molecule has 1 heteroatoms. The molecule has 1 nitrogen and oxygen atoms in total. The summed E-state index contributed by atoms with van der Waals surface area (Å²) < 4.78 is 5.80. The van der Waals surface area contributed by atoms with E-state index in [4.69, 9.17) is 4.74 Å². The largest absolute Gasteiger partial charge is 0.373 e. The Labute approximate surface area is 81.2 Å². The fourth-order valence-corrected chi connectivity index (χ4v) is 3.57. The SMILES string of the molecule is CC(C)C1(C(C)C)C2C=CC1OC2. The Morgan fingerprint density at radius 3 is 1.92 bits per heavy atom. The number of hydrogen-bond acceptors (Lipinski definition) is 1. The maximum absolute atomic E-state index is 5.80. The maximum atomic E-state index is 5.80. The van der Waals surface area contributed by atoms with Crippen LogP contribution in [0.2, 0.25) is 0 Å². The van der Waals surface area contributed by atoms with Crippen LogP contribution < -0.4 is 0 Å². The van der Waals surface area contributed by atoms with Crippen molar-refractivity contribution in [1.82, 2.24) is 0 Å². The van der Waals surface area contributed by atoms with Gasteiger partial charge in [-0.15, -0.1) is 0 Å². The van der Waals surface area contributed by atoms with Crippen molar-refractivity contribution < 1.29 is 4.74 Å². The summed E-state index contributed by atoms with van der Waals surface area (Å²) in [7, 11) is 0. The number of rotatable bonds is 2. The number of fused-ring (bicyclic) bond motifs is 2. The first kappa shape index (κ1) is 9.26. The highest BCUT2D eigenvalue weighted by Crippen LogP contribution is 2.55. The van der Waals surface area contributed by atoms with Crippen LogP contribution in [0.25, 0.3) is 0 Å². The minimum atomic E-state index is 0.387. The fraction of sp³-hybridized carbons (Fsp3) is 0.833. The quantitative estimate of drug-likeness (QED) is 0.594. The average molecular weight is 180 g/mol. The molecule has 74 valence electrons.